The normalized spacial score (nSPS) is 12.0. The van der Waals surface area contributed by atoms with Crippen LogP contribution in [0.25, 0.3) is 0 Å². The second kappa shape index (κ2) is 11.6. The van der Waals surface area contributed by atoms with Gasteiger partial charge in [0, 0.05) is 36.8 Å². The predicted octanol–water partition coefficient (Wildman–Crippen LogP) is 4.65. The Bertz CT molecular complexity index is 764. The van der Waals surface area contributed by atoms with Crippen molar-refractivity contribution in [3.8, 4) is 0 Å². The van der Waals surface area contributed by atoms with Crippen LogP contribution in [0, 0.1) is 17.7 Å². The highest BCUT2D eigenvalue weighted by Crippen LogP contribution is 2.18. The summed E-state index contributed by atoms with van der Waals surface area (Å²) in [7, 11) is 0. The molecule has 3 nitrogen and oxygen atoms in total. The fourth-order valence-corrected chi connectivity index (χ4v) is 3.79. The van der Waals surface area contributed by atoms with E-state index in [4.69, 9.17) is 0 Å². The van der Waals surface area contributed by atoms with Gasteiger partial charge in [0.2, 0.25) is 5.91 Å². The summed E-state index contributed by atoms with van der Waals surface area (Å²) in [6.45, 7) is 4.44. The molecule has 1 unspecified atom stereocenters. The smallest absolute Gasteiger partial charge is 0.223 e. The molecule has 28 heavy (non-hydrogen) atoms. The summed E-state index contributed by atoms with van der Waals surface area (Å²) in [5.41, 5.74) is 1.64. The Morgan fingerprint density at radius 2 is 1.71 bits per heavy atom. The maximum Gasteiger partial charge on any atom is 0.223 e. The van der Waals surface area contributed by atoms with Crippen LogP contribution < -0.4 is 5.32 Å². The van der Waals surface area contributed by atoms with Crippen molar-refractivity contribution >= 4 is 23.5 Å². The topological polar surface area (TPSA) is 46.2 Å². The molecule has 0 heterocycles. The van der Waals surface area contributed by atoms with Crippen molar-refractivity contribution in [3.05, 3.63) is 71.5 Å². The molecule has 0 aliphatic rings. The number of Topliss-reactive ketones (excluding diaryl/α,β-unsaturated/α-hetero) is 1. The summed E-state index contributed by atoms with van der Waals surface area (Å²) in [6, 6.07) is 16.3. The largest absolute Gasteiger partial charge is 0.355 e. The Balaban J connectivity index is 1.74. The Morgan fingerprint density at radius 3 is 2.39 bits per heavy atom. The average molecular weight is 402 g/mol. The van der Waals surface area contributed by atoms with E-state index in [0.717, 1.165) is 5.56 Å². The fraction of sp³-hybridized carbons (Fsp3) is 0.391. The summed E-state index contributed by atoms with van der Waals surface area (Å²) in [4.78, 5) is 24.9. The van der Waals surface area contributed by atoms with Gasteiger partial charge in [-0.15, -0.1) is 0 Å². The first-order valence-electron chi connectivity index (χ1n) is 9.62. The lowest BCUT2D eigenvalue weighted by molar-refractivity contribution is -0.130. The minimum atomic E-state index is -0.326. The van der Waals surface area contributed by atoms with Crippen LogP contribution in [0.2, 0.25) is 0 Å². The third kappa shape index (κ3) is 7.47. The van der Waals surface area contributed by atoms with Crippen LogP contribution in [0.3, 0.4) is 0 Å². The van der Waals surface area contributed by atoms with E-state index < -0.39 is 0 Å². The quantitative estimate of drug-likeness (QED) is 0.558. The van der Waals surface area contributed by atoms with E-state index in [-0.39, 0.29) is 35.8 Å². The maximum atomic E-state index is 13.6. The van der Waals surface area contributed by atoms with Gasteiger partial charge in [0.1, 0.15) is 11.6 Å². The summed E-state index contributed by atoms with van der Waals surface area (Å²) in [5.74, 6) is 0.834. The molecule has 5 heteroatoms. The van der Waals surface area contributed by atoms with Gasteiger partial charge in [-0.25, -0.2) is 4.39 Å². The second-order valence-electron chi connectivity index (χ2n) is 7.19. The van der Waals surface area contributed by atoms with E-state index >= 15 is 0 Å². The second-order valence-corrected chi connectivity index (χ2v) is 8.30. The van der Waals surface area contributed by atoms with Crippen molar-refractivity contribution in [2.24, 2.45) is 11.8 Å². The third-order valence-corrected chi connectivity index (χ3v) is 5.60. The Labute approximate surface area is 171 Å². The number of amides is 1. The van der Waals surface area contributed by atoms with Crippen LogP contribution in [0.4, 0.5) is 4.39 Å². The number of carbonyl (C=O) groups excluding carboxylic acids is 2. The number of rotatable bonds is 11. The molecule has 0 saturated heterocycles. The van der Waals surface area contributed by atoms with Gasteiger partial charge in [-0.1, -0.05) is 62.4 Å². The minimum absolute atomic E-state index is 0.0778. The molecular weight excluding hydrogens is 373 g/mol. The van der Waals surface area contributed by atoms with Gasteiger partial charge in [-0.2, -0.15) is 11.8 Å². The number of benzene rings is 2. The maximum absolute atomic E-state index is 13.6. The standard InChI is InChI=1S/C23H28FNO2S/c1-17(2)21(15-20(26)14-18-8-4-3-5-9-18)23(27)25-12-13-28-16-19-10-6-7-11-22(19)24/h3-11,17,21H,12-16H2,1-2H3,(H,25,27). The van der Waals surface area contributed by atoms with Gasteiger partial charge in [-0.3, -0.25) is 9.59 Å². The van der Waals surface area contributed by atoms with Crippen LogP contribution in [-0.4, -0.2) is 24.0 Å². The first kappa shape index (κ1) is 22.2. The molecule has 1 amide bonds. The molecule has 0 fully saturated rings. The van der Waals surface area contributed by atoms with Crippen molar-refractivity contribution < 1.29 is 14.0 Å². The highest BCUT2D eigenvalue weighted by Gasteiger charge is 2.24. The zero-order valence-corrected chi connectivity index (χ0v) is 17.3. The molecule has 0 radical (unpaired) electrons. The lowest BCUT2D eigenvalue weighted by Gasteiger charge is -2.19. The predicted molar refractivity (Wildman–Crippen MR) is 114 cm³/mol. The average Bonchev–Trinajstić information content (AvgIpc) is 2.67. The molecule has 0 spiro atoms. The molecule has 0 aromatic heterocycles. The van der Waals surface area contributed by atoms with E-state index in [0.29, 0.717) is 30.0 Å². The summed E-state index contributed by atoms with van der Waals surface area (Å²) in [6.07, 6.45) is 0.608. The summed E-state index contributed by atoms with van der Waals surface area (Å²) in [5, 5.41) is 2.93. The highest BCUT2D eigenvalue weighted by atomic mass is 32.2. The number of carbonyl (C=O) groups is 2. The monoisotopic (exact) mass is 401 g/mol. The van der Waals surface area contributed by atoms with E-state index in [2.05, 4.69) is 5.32 Å². The molecule has 0 aliphatic heterocycles. The van der Waals surface area contributed by atoms with Gasteiger partial charge < -0.3 is 5.32 Å². The van der Waals surface area contributed by atoms with E-state index in [1.807, 2.05) is 50.2 Å². The minimum Gasteiger partial charge on any atom is -0.355 e. The molecule has 0 bridgehead atoms. The van der Waals surface area contributed by atoms with Crippen LogP contribution >= 0.6 is 11.8 Å². The summed E-state index contributed by atoms with van der Waals surface area (Å²) >= 11 is 1.58. The van der Waals surface area contributed by atoms with Gasteiger partial charge in [0.25, 0.3) is 0 Å². The summed E-state index contributed by atoms with van der Waals surface area (Å²) < 4.78 is 13.6. The van der Waals surface area contributed by atoms with E-state index in [9.17, 15) is 14.0 Å². The number of halogens is 1. The molecule has 0 aliphatic carbocycles. The molecule has 2 rings (SSSR count). The first-order valence-corrected chi connectivity index (χ1v) is 10.8. The SMILES string of the molecule is CC(C)C(CC(=O)Cc1ccccc1)C(=O)NCCSCc1ccccc1F. The fourth-order valence-electron chi connectivity index (χ4n) is 2.95. The molecule has 150 valence electrons. The molecule has 1 atom stereocenters. The lowest BCUT2D eigenvalue weighted by Crippen LogP contribution is -2.36. The number of hydrogen-bond donors (Lipinski definition) is 1. The number of thioether (sulfide) groups is 1. The highest BCUT2D eigenvalue weighted by molar-refractivity contribution is 7.98. The van der Waals surface area contributed by atoms with Crippen LogP contribution in [0.15, 0.2) is 54.6 Å². The van der Waals surface area contributed by atoms with E-state index in [1.165, 1.54) is 6.07 Å². The van der Waals surface area contributed by atoms with Crippen molar-refractivity contribution in [1.29, 1.82) is 0 Å². The van der Waals surface area contributed by atoms with Gasteiger partial charge in [0.05, 0.1) is 0 Å². The number of ketones is 1. The molecule has 1 N–H and O–H groups in total. The molecular formula is C23H28FNO2S. The molecule has 0 saturated carbocycles. The Hall–Kier alpha value is -2.14. The number of nitrogens with one attached hydrogen (secondary N) is 1. The first-order chi connectivity index (χ1) is 13.5. The van der Waals surface area contributed by atoms with Crippen LogP contribution in [0.5, 0.6) is 0 Å². The van der Waals surface area contributed by atoms with Crippen molar-refractivity contribution in [1.82, 2.24) is 5.32 Å². The Kier molecular flexibility index (Phi) is 9.21. The lowest BCUT2D eigenvalue weighted by atomic mass is 9.88. The molecule has 2 aromatic rings. The van der Waals surface area contributed by atoms with Gasteiger partial charge in [-0.05, 0) is 23.1 Å². The van der Waals surface area contributed by atoms with Crippen molar-refractivity contribution in [2.75, 3.05) is 12.3 Å². The van der Waals surface area contributed by atoms with Crippen molar-refractivity contribution in [3.63, 3.8) is 0 Å². The van der Waals surface area contributed by atoms with Gasteiger partial charge in [0.15, 0.2) is 0 Å². The zero-order valence-electron chi connectivity index (χ0n) is 16.5. The Morgan fingerprint density at radius 1 is 1.04 bits per heavy atom. The van der Waals surface area contributed by atoms with Crippen molar-refractivity contribution in [2.45, 2.75) is 32.4 Å². The van der Waals surface area contributed by atoms with Crippen LogP contribution in [0.1, 0.15) is 31.4 Å². The zero-order chi connectivity index (χ0) is 20.4. The number of hydrogen-bond acceptors (Lipinski definition) is 3. The van der Waals surface area contributed by atoms with Gasteiger partial charge >= 0.3 is 0 Å². The van der Waals surface area contributed by atoms with Crippen LogP contribution in [-0.2, 0) is 21.8 Å². The van der Waals surface area contributed by atoms with E-state index in [1.54, 1.807) is 23.9 Å². The molecule has 2 aromatic carbocycles. The third-order valence-electron chi connectivity index (χ3n) is 4.59.